The topological polar surface area (TPSA) is 0 Å². The highest BCUT2D eigenvalue weighted by Gasteiger charge is 2.58. The van der Waals surface area contributed by atoms with Crippen LogP contribution >= 0.6 is 0 Å². The van der Waals surface area contributed by atoms with Gasteiger partial charge in [0.05, 0.1) is 0 Å². The first-order valence-electron chi connectivity index (χ1n) is 9.54. The molecular formula is C20H40. The first-order valence-corrected chi connectivity index (χ1v) is 9.54. The molecule has 0 radical (unpaired) electrons. The average molecular weight is 281 g/mol. The molecular weight excluding hydrogens is 240 g/mol. The molecule has 5 unspecified atom stereocenters. The maximum atomic E-state index is 2.58. The Labute approximate surface area is 129 Å². The van der Waals surface area contributed by atoms with E-state index in [1.54, 1.807) is 0 Å². The third kappa shape index (κ3) is 4.01. The minimum atomic E-state index is 0.703. The molecule has 0 aromatic rings. The van der Waals surface area contributed by atoms with Crippen molar-refractivity contribution in [1.82, 2.24) is 0 Å². The first kappa shape index (κ1) is 18.1. The van der Waals surface area contributed by atoms with Gasteiger partial charge in [-0.05, 0) is 35.5 Å². The second-order valence-corrected chi connectivity index (χ2v) is 7.73. The fraction of sp³-hybridized carbons (Fsp3) is 1.00. The van der Waals surface area contributed by atoms with Crippen molar-refractivity contribution in [2.24, 2.45) is 29.1 Å². The smallest absolute Gasteiger partial charge is 0.0212 e. The van der Waals surface area contributed by atoms with Crippen molar-refractivity contribution in [1.29, 1.82) is 0 Å². The summed E-state index contributed by atoms with van der Waals surface area (Å²) in [6.45, 7) is 14.7. The summed E-state index contributed by atoms with van der Waals surface area (Å²) in [4.78, 5) is 0. The number of rotatable bonds is 11. The Balaban J connectivity index is 2.55. The van der Waals surface area contributed by atoms with Gasteiger partial charge in [0.1, 0.15) is 0 Å². The molecule has 0 aliphatic heterocycles. The highest BCUT2D eigenvalue weighted by atomic mass is 14.6. The molecule has 1 fully saturated rings. The van der Waals surface area contributed by atoms with Crippen LogP contribution in [0.2, 0.25) is 0 Å². The molecule has 0 N–H and O–H groups in total. The van der Waals surface area contributed by atoms with E-state index >= 15 is 0 Å². The summed E-state index contributed by atoms with van der Waals surface area (Å²) in [5.74, 6) is 3.81. The summed E-state index contributed by atoms with van der Waals surface area (Å²) >= 11 is 0. The minimum Gasteiger partial charge on any atom is -0.0654 e. The zero-order valence-electron chi connectivity index (χ0n) is 15.2. The van der Waals surface area contributed by atoms with E-state index in [-0.39, 0.29) is 0 Å². The third-order valence-electron chi connectivity index (χ3n) is 6.52. The second kappa shape index (κ2) is 8.44. The van der Waals surface area contributed by atoms with Gasteiger partial charge in [-0.2, -0.15) is 0 Å². The fourth-order valence-corrected chi connectivity index (χ4v) is 4.92. The fourth-order valence-electron chi connectivity index (χ4n) is 4.92. The van der Waals surface area contributed by atoms with E-state index in [9.17, 15) is 0 Å². The van der Waals surface area contributed by atoms with Crippen LogP contribution < -0.4 is 0 Å². The van der Waals surface area contributed by atoms with Crippen molar-refractivity contribution in [3.8, 4) is 0 Å². The van der Waals surface area contributed by atoms with Gasteiger partial charge in [0.2, 0.25) is 0 Å². The molecule has 1 saturated carbocycles. The molecule has 1 rings (SSSR count). The van der Waals surface area contributed by atoms with Gasteiger partial charge in [0.15, 0.2) is 0 Å². The highest BCUT2D eigenvalue weighted by Crippen LogP contribution is 2.66. The molecule has 0 amide bonds. The van der Waals surface area contributed by atoms with Gasteiger partial charge < -0.3 is 0 Å². The molecule has 1 aliphatic carbocycles. The lowest BCUT2D eigenvalue weighted by atomic mass is 9.68. The van der Waals surface area contributed by atoms with Crippen LogP contribution in [0.3, 0.4) is 0 Å². The molecule has 0 heterocycles. The predicted octanol–water partition coefficient (Wildman–Crippen LogP) is 7.08. The molecule has 0 heteroatoms. The van der Waals surface area contributed by atoms with Crippen molar-refractivity contribution < 1.29 is 0 Å². The Bertz CT molecular complexity index is 257. The average Bonchev–Trinajstić information content (AvgIpc) is 3.12. The Kier molecular flexibility index (Phi) is 7.62. The molecule has 0 aromatic carbocycles. The van der Waals surface area contributed by atoms with E-state index < -0.39 is 0 Å². The van der Waals surface area contributed by atoms with Crippen LogP contribution in [0.25, 0.3) is 0 Å². The minimum absolute atomic E-state index is 0.703. The molecule has 0 saturated heterocycles. The lowest BCUT2D eigenvalue weighted by Crippen LogP contribution is -2.29. The summed E-state index contributed by atoms with van der Waals surface area (Å²) in [6.07, 6.45) is 12.9. The van der Waals surface area contributed by atoms with Gasteiger partial charge in [-0.3, -0.25) is 0 Å². The SMILES string of the molecule is CCCCCCC(C)C(C)C1(C(CC)CCC)CC1C. The number of hydrogen-bond donors (Lipinski definition) is 0. The summed E-state index contributed by atoms with van der Waals surface area (Å²) in [5, 5.41) is 0. The Morgan fingerprint density at radius 1 is 0.950 bits per heavy atom. The Morgan fingerprint density at radius 2 is 1.60 bits per heavy atom. The van der Waals surface area contributed by atoms with E-state index in [0.717, 1.165) is 23.7 Å². The van der Waals surface area contributed by atoms with Gasteiger partial charge in [-0.15, -0.1) is 0 Å². The lowest BCUT2D eigenvalue weighted by Gasteiger charge is -2.36. The van der Waals surface area contributed by atoms with Crippen LogP contribution in [0.4, 0.5) is 0 Å². The van der Waals surface area contributed by atoms with Gasteiger partial charge in [-0.25, -0.2) is 0 Å². The summed E-state index contributed by atoms with van der Waals surface area (Å²) < 4.78 is 0. The van der Waals surface area contributed by atoms with Crippen LogP contribution in [0.15, 0.2) is 0 Å². The van der Waals surface area contributed by atoms with E-state index in [2.05, 4.69) is 41.5 Å². The summed E-state index contributed by atoms with van der Waals surface area (Å²) in [7, 11) is 0. The van der Waals surface area contributed by atoms with Crippen molar-refractivity contribution >= 4 is 0 Å². The van der Waals surface area contributed by atoms with Gasteiger partial charge in [0.25, 0.3) is 0 Å². The largest absolute Gasteiger partial charge is 0.0654 e. The van der Waals surface area contributed by atoms with E-state index in [4.69, 9.17) is 0 Å². The maximum absolute atomic E-state index is 2.58. The molecule has 0 bridgehead atoms. The molecule has 120 valence electrons. The molecule has 5 atom stereocenters. The van der Waals surface area contributed by atoms with Crippen LogP contribution in [0.1, 0.15) is 99.3 Å². The normalized spacial score (nSPS) is 30.0. The Morgan fingerprint density at radius 3 is 2.05 bits per heavy atom. The number of hydrogen-bond acceptors (Lipinski definition) is 0. The van der Waals surface area contributed by atoms with E-state index in [1.165, 1.54) is 57.8 Å². The molecule has 0 aromatic heterocycles. The quantitative estimate of drug-likeness (QED) is 0.355. The zero-order valence-corrected chi connectivity index (χ0v) is 15.2. The predicted molar refractivity (Wildman–Crippen MR) is 92.0 cm³/mol. The standard InChI is InChI=1S/C20H40/c1-7-10-11-12-14-16(4)18(6)20(15-17(20)5)19(9-3)13-8-2/h16-19H,7-15H2,1-6H3. The maximum Gasteiger partial charge on any atom is -0.0212 e. The number of unbranched alkanes of at least 4 members (excludes halogenated alkanes) is 3. The molecule has 1 aliphatic rings. The van der Waals surface area contributed by atoms with Crippen LogP contribution in [0.5, 0.6) is 0 Å². The van der Waals surface area contributed by atoms with E-state index in [1.807, 2.05) is 0 Å². The van der Waals surface area contributed by atoms with Crippen LogP contribution in [0, 0.1) is 29.1 Å². The summed E-state index contributed by atoms with van der Waals surface area (Å²) in [5.41, 5.74) is 0.703. The Hall–Kier alpha value is 0. The first-order chi connectivity index (χ1) is 9.54. The molecule has 20 heavy (non-hydrogen) atoms. The monoisotopic (exact) mass is 280 g/mol. The van der Waals surface area contributed by atoms with Crippen molar-refractivity contribution in [2.45, 2.75) is 99.3 Å². The van der Waals surface area contributed by atoms with Crippen molar-refractivity contribution in [3.63, 3.8) is 0 Å². The van der Waals surface area contributed by atoms with Gasteiger partial charge >= 0.3 is 0 Å². The van der Waals surface area contributed by atoms with Gasteiger partial charge in [-0.1, -0.05) is 92.9 Å². The van der Waals surface area contributed by atoms with Gasteiger partial charge in [0, 0.05) is 0 Å². The summed E-state index contributed by atoms with van der Waals surface area (Å²) in [6, 6.07) is 0. The lowest BCUT2D eigenvalue weighted by molar-refractivity contribution is 0.124. The molecule has 0 spiro atoms. The zero-order chi connectivity index (χ0) is 15.2. The highest BCUT2D eigenvalue weighted by molar-refractivity contribution is 5.07. The second-order valence-electron chi connectivity index (χ2n) is 7.73. The van der Waals surface area contributed by atoms with Crippen LogP contribution in [-0.4, -0.2) is 0 Å². The van der Waals surface area contributed by atoms with Crippen LogP contribution in [-0.2, 0) is 0 Å². The third-order valence-corrected chi connectivity index (χ3v) is 6.52. The van der Waals surface area contributed by atoms with Crippen molar-refractivity contribution in [3.05, 3.63) is 0 Å². The molecule has 0 nitrogen and oxygen atoms in total. The van der Waals surface area contributed by atoms with Crippen molar-refractivity contribution in [2.75, 3.05) is 0 Å². The van der Waals surface area contributed by atoms with E-state index in [0.29, 0.717) is 5.41 Å².